The van der Waals surface area contributed by atoms with E-state index in [9.17, 15) is 23.3 Å². The van der Waals surface area contributed by atoms with E-state index in [4.69, 9.17) is 0 Å². The fourth-order valence-corrected chi connectivity index (χ4v) is 4.80. The Morgan fingerprint density at radius 1 is 0.968 bits per heavy atom. The van der Waals surface area contributed by atoms with Crippen LogP contribution in [-0.2, 0) is 14.6 Å². The van der Waals surface area contributed by atoms with E-state index < -0.39 is 14.8 Å². The molecule has 1 aliphatic heterocycles. The van der Waals surface area contributed by atoms with Crippen LogP contribution in [-0.4, -0.2) is 60.3 Å². The predicted octanol–water partition coefficient (Wildman–Crippen LogP) is 2.04. The number of hydrogen-bond donors (Lipinski definition) is 0. The van der Waals surface area contributed by atoms with Gasteiger partial charge in [0.25, 0.3) is 5.69 Å². The van der Waals surface area contributed by atoms with Gasteiger partial charge in [-0.25, -0.2) is 18.4 Å². The van der Waals surface area contributed by atoms with Crippen molar-refractivity contribution in [2.24, 2.45) is 0 Å². The molecule has 160 valence electrons. The summed E-state index contributed by atoms with van der Waals surface area (Å²) >= 11 is 0. The largest absolute Gasteiger partial charge is 0.351 e. The molecule has 11 heteroatoms. The third-order valence-corrected chi connectivity index (χ3v) is 6.83. The first-order valence-electron chi connectivity index (χ1n) is 9.54. The van der Waals surface area contributed by atoms with Gasteiger partial charge in [-0.15, -0.1) is 0 Å². The summed E-state index contributed by atoms with van der Waals surface area (Å²) in [4.78, 5) is 34.3. The van der Waals surface area contributed by atoms with Crippen LogP contribution in [0.4, 0.5) is 11.5 Å². The highest BCUT2D eigenvalue weighted by Gasteiger charge is 2.30. The molecule has 3 aromatic rings. The molecule has 0 bridgehead atoms. The maximum Gasteiger partial charge on any atom is 0.269 e. The molecule has 0 radical (unpaired) electrons. The summed E-state index contributed by atoms with van der Waals surface area (Å²) in [5.41, 5.74) is 0.771. The van der Waals surface area contributed by atoms with Crippen LogP contribution < -0.4 is 4.90 Å². The number of piperazine rings is 1. The summed E-state index contributed by atoms with van der Waals surface area (Å²) < 4.78 is 26.9. The zero-order valence-electron chi connectivity index (χ0n) is 16.6. The number of aromatic nitrogens is 2. The molecular formula is C20H19N5O5S. The standard InChI is InChI=1S/C20H19N5O5S/c1-14(26)23-10-12-24(13-11-23)19-20(22-18-5-3-2-4-17(18)21-19)31(29,30)16-8-6-15(7-9-16)25(27)28/h2-9H,10-13H2,1H3. The first-order valence-corrected chi connectivity index (χ1v) is 11.0. The number of anilines is 1. The molecule has 2 heterocycles. The van der Waals surface area contributed by atoms with Gasteiger partial charge in [0, 0.05) is 45.2 Å². The van der Waals surface area contributed by atoms with Crippen molar-refractivity contribution in [3.8, 4) is 0 Å². The highest BCUT2D eigenvalue weighted by atomic mass is 32.2. The predicted molar refractivity (Wildman–Crippen MR) is 113 cm³/mol. The second-order valence-corrected chi connectivity index (χ2v) is 8.95. The zero-order valence-corrected chi connectivity index (χ0v) is 17.4. The summed E-state index contributed by atoms with van der Waals surface area (Å²) in [7, 11) is -4.10. The van der Waals surface area contributed by atoms with Crippen molar-refractivity contribution < 1.29 is 18.1 Å². The number of para-hydroxylation sites is 2. The van der Waals surface area contributed by atoms with Crippen LogP contribution in [0.25, 0.3) is 11.0 Å². The number of fused-ring (bicyclic) bond motifs is 1. The van der Waals surface area contributed by atoms with Crippen molar-refractivity contribution in [2.45, 2.75) is 16.8 Å². The van der Waals surface area contributed by atoms with Crippen molar-refractivity contribution in [3.63, 3.8) is 0 Å². The molecular weight excluding hydrogens is 422 g/mol. The smallest absolute Gasteiger partial charge is 0.269 e. The van der Waals surface area contributed by atoms with Crippen molar-refractivity contribution in [1.82, 2.24) is 14.9 Å². The number of nitrogens with zero attached hydrogens (tertiary/aromatic N) is 5. The summed E-state index contributed by atoms with van der Waals surface area (Å²) in [6.45, 7) is 3.21. The van der Waals surface area contributed by atoms with E-state index in [0.717, 1.165) is 12.1 Å². The third kappa shape index (κ3) is 3.91. The fraction of sp³-hybridized carbons (Fsp3) is 0.250. The number of carbonyl (C=O) groups excluding carboxylic acids is 1. The SMILES string of the molecule is CC(=O)N1CCN(c2nc3ccccc3nc2S(=O)(=O)c2ccc([N+](=O)[O-])cc2)CC1. The number of non-ortho nitro benzene ring substituents is 1. The molecule has 1 amide bonds. The first-order chi connectivity index (χ1) is 14.8. The third-order valence-electron chi connectivity index (χ3n) is 5.16. The van der Waals surface area contributed by atoms with Crippen LogP contribution in [0.15, 0.2) is 58.5 Å². The number of hydrogen-bond acceptors (Lipinski definition) is 8. The quantitative estimate of drug-likeness (QED) is 0.445. The minimum absolute atomic E-state index is 0.0389. The topological polar surface area (TPSA) is 127 Å². The van der Waals surface area contributed by atoms with Gasteiger partial charge in [-0.2, -0.15) is 0 Å². The molecule has 0 aliphatic carbocycles. The van der Waals surface area contributed by atoms with Crippen LogP contribution in [0.1, 0.15) is 6.92 Å². The molecule has 0 N–H and O–H groups in total. The Bertz CT molecular complexity index is 1270. The molecule has 10 nitrogen and oxygen atoms in total. The van der Waals surface area contributed by atoms with Gasteiger partial charge in [0.05, 0.1) is 20.9 Å². The Morgan fingerprint density at radius 3 is 2.10 bits per heavy atom. The number of sulfone groups is 1. The van der Waals surface area contributed by atoms with E-state index in [0.29, 0.717) is 37.2 Å². The zero-order chi connectivity index (χ0) is 22.2. The van der Waals surface area contributed by atoms with Crippen LogP contribution in [0.2, 0.25) is 0 Å². The minimum Gasteiger partial charge on any atom is -0.351 e. The second-order valence-electron chi connectivity index (χ2n) is 7.09. The summed E-state index contributed by atoms with van der Waals surface area (Å²) in [5, 5.41) is 10.7. The maximum atomic E-state index is 13.4. The van der Waals surface area contributed by atoms with Gasteiger partial charge < -0.3 is 9.80 Å². The van der Waals surface area contributed by atoms with E-state index >= 15 is 0 Å². The van der Waals surface area contributed by atoms with Gasteiger partial charge in [0.15, 0.2) is 5.82 Å². The van der Waals surface area contributed by atoms with E-state index in [1.54, 1.807) is 34.1 Å². The van der Waals surface area contributed by atoms with E-state index in [1.807, 2.05) is 0 Å². The Hall–Kier alpha value is -3.60. The molecule has 0 atom stereocenters. The Labute approximate surface area is 178 Å². The highest BCUT2D eigenvalue weighted by Crippen LogP contribution is 2.30. The molecule has 0 saturated carbocycles. The number of carbonyl (C=O) groups is 1. The molecule has 4 rings (SSSR count). The molecule has 1 aliphatic rings. The average Bonchev–Trinajstić information content (AvgIpc) is 2.78. The number of amides is 1. The molecule has 0 unspecified atom stereocenters. The first kappa shape index (κ1) is 20.7. The van der Waals surface area contributed by atoms with Gasteiger partial charge in [0.1, 0.15) is 0 Å². The lowest BCUT2D eigenvalue weighted by Gasteiger charge is -2.35. The van der Waals surface area contributed by atoms with E-state index in [-0.39, 0.29) is 27.3 Å². The number of nitro groups is 1. The van der Waals surface area contributed by atoms with Crippen LogP contribution in [0.5, 0.6) is 0 Å². The van der Waals surface area contributed by atoms with Gasteiger partial charge in [-0.1, -0.05) is 12.1 Å². The number of benzene rings is 2. The summed E-state index contributed by atoms with van der Waals surface area (Å²) in [5.74, 6) is 0.170. The summed E-state index contributed by atoms with van der Waals surface area (Å²) in [6.07, 6.45) is 0. The molecule has 1 aromatic heterocycles. The lowest BCUT2D eigenvalue weighted by molar-refractivity contribution is -0.384. The van der Waals surface area contributed by atoms with Crippen LogP contribution in [0, 0.1) is 10.1 Å². The monoisotopic (exact) mass is 441 g/mol. The summed E-state index contributed by atoms with van der Waals surface area (Å²) in [6, 6.07) is 11.6. The fourth-order valence-electron chi connectivity index (χ4n) is 3.45. The van der Waals surface area contributed by atoms with Crippen molar-refractivity contribution in [2.75, 3.05) is 31.1 Å². The molecule has 1 fully saturated rings. The molecule has 1 saturated heterocycles. The second kappa shape index (κ2) is 7.91. The average molecular weight is 441 g/mol. The van der Waals surface area contributed by atoms with Crippen molar-refractivity contribution >= 4 is 38.3 Å². The van der Waals surface area contributed by atoms with Gasteiger partial charge in [-0.3, -0.25) is 14.9 Å². The number of rotatable bonds is 4. The van der Waals surface area contributed by atoms with Gasteiger partial charge in [0.2, 0.25) is 20.8 Å². The lowest BCUT2D eigenvalue weighted by atomic mass is 10.3. The van der Waals surface area contributed by atoms with Gasteiger partial charge in [-0.05, 0) is 24.3 Å². The van der Waals surface area contributed by atoms with Gasteiger partial charge >= 0.3 is 0 Å². The Morgan fingerprint density at radius 2 is 1.55 bits per heavy atom. The molecule has 2 aromatic carbocycles. The highest BCUT2D eigenvalue weighted by molar-refractivity contribution is 7.91. The lowest BCUT2D eigenvalue weighted by Crippen LogP contribution is -2.48. The molecule has 0 spiro atoms. The van der Waals surface area contributed by atoms with E-state index in [1.165, 1.54) is 19.1 Å². The maximum absolute atomic E-state index is 13.4. The van der Waals surface area contributed by atoms with Crippen molar-refractivity contribution in [1.29, 1.82) is 0 Å². The van der Waals surface area contributed by atoms with Crippen molar-refractivity contribution in [3.05, 3.63) is 58.6 Å². The normalized spacial score (nSPS) is 14.6. The minimum atomic E-state index is -4.10. The Balaban J connectivity index is 1.81. The van der Waals surface area contributed by atoms with Crippen LogP contribution >= 0.6 is 0 Å². The molecule has 31 heavy (non-hydrogen) atoms. The Kier molecular flexibility index (Phi) is 5.27. The van der Waals surface area contributed by atoms with Crippen LogP contribution in [0.3, 0.4) is 0 Å². The number of nitro benzene ring substituents is 1. The van der Waals surface area contributed by atoms with E-state index in [2.05, 4.69) is 9.97 Å².